The minimum Gasteiger partial charge on any atom is -0.379 e. The normalized spacial score (nSPS) is 10.2. The molecule has 2 aromatic rings. The summed E-state index contributed by atoms with van der Waals surface area (Å²) in [5.41, 5.74) is 1.33. The second-order valence-corrected chi connectivity index (χ2v) is 5.28. The molecule has 2 aromatic carbocycles. The van der Waals surface area contributed by atoms with Gasteiger partial charge in [0.1, 0.15) is 11.6 Å². The quantitative estimate of drug-likeness (QED) is 0.796. The second kappa shape index (κ2) is 6.21. The molecule has 0 radical (unpaired) electrons. The molecule has 0 bridgehead atoms. The average Bonchev–Trinajstić information content (AvgIpc) is 2.42. The van der Waals surface area contributed by atoms with Crippen molar-refractivity contribution >= 4 is 33.2 Å². The second-order valence-electron chi connectivity index (χ2n) is 4.02. The van der Waals surface area contributed by atoms with Crippen LogP contribution in [0.3, 0.4) is 0 Å². The van der Waals surface area contributed by atoms with Crippen LogP contribution in [-0.4, -0.2) is 0 Å². The molecular formula is C14H8BrClF2N2. The molecule has 20 heavy (non-hydrogen) atoms. The average molecular weight is 358 g/mol. The van der Waals surface area contributed by atoms with Crippen LogP contribution in [0.2, 0.25) is 5.02 Å². The first kappa shape index (κ1) is 14.8. The Kier molecular flexibility index (Phi) is 4.58. The Hall–Kier alpha value is -1.64. The highest BCUT2D eigenvalue weighted by Gasteiger charge is 2.09. The summed E-state index contributed by atoms with van der Waals surface area (Å²) in [7, 11) is 0. The summed E-state index contributed by atoms with van der Waals surface area (Å²) in [6, 6.07) is 8.95. The SMILES string of the molecule is N#Cc1ccc(CNc2cc(Br)c(F)cc2F)c(Cl)c1. The van der Waals surface area contributed by atoms with Crippen LogP contribution in [0.1, 0.15) is 11.1 Å². The van der Waals surface area contributed by atoms with E-state index in [1.54, 1.807) is 12.1 Å². The van der Waals surface area contributed by atoms with Crippen molar-refractivity contribution in [2.75, 3.05) is 5.32 Å². The molecule has 0 amide bonds. The van der Waals surface area contributed by atoms with E-state index < -0.39 is 11.6 Å². The van der Waals surface area contributed by atoms with E-state index in [-0.39, 0.29) is 16.7 Å². The van der Waals surface area contributed by atoms with E-state index in [0.717, 1.165) is 6.07 Å². The van der Waals surface area contributed by atoms with Gasteiger partial charge in [0.25, 0.3) is 0 Å². The van der Waals surface area contributed by atoms with Crippen molar-refractivity contribution in [3.05, 3.63) is 62.6 Å². The number of halogens is 4. The molecule has 0 aliphatic rings. The van der Waals surface area contributed by atoms with Gasteiger partial charge in [-0.05, 0) is 39.7 Å². The lowest BCUT2D eigenvalue weighted by Gasteiger charge is -2.10. The maximum atomic E-state index is 13.6. The van der Waals surface area contributed by atoms with Crippen LogP contribution in [0.4, 0.5) is 14.5 Å². The van der Waals surface area contributed by atoms with Crippen molar-refractivity contribution < 1.29 is 8.78 Å². The molecule has 0 saturated heterocycles. The van der Waals surface area contributed by atoms with Crippen LogP contribution in [0, 0.1) is 23.0 Å². The number of benzene rings is 2. The number of hydrogen-bond acceptors (Lipinski definition) is 2. The molecule has 0 heterocycles. The lowest BCUT2D eigenvalue weighted by molar-refractivity contribution is 0.580. The van der Waals surface area contributed by atoms with E-state index in [2.05, 4.69) is 21.2 Å². The molecule has 0 fully saturated rings. The third kappa shape index (κ3) is 3.27. The first-order chi connectivity index (χ1) is 9.51. The molecular weight excluding hydrogens is 350 g/mol. The molecule has 1 N–H and O–H groups in total. The fourth-order valence-electron chi connectivity index (χ4n) is 1.61. The fourth-order valence-corrected chi connectivity index (χ4v) is 2.20. The molecule has 2 rings (SSSR count). The highest BCUT2D eigenvalue weighted by atomic mass is 79.9. The summed E-state index contributed by atoms with van der Waals surface area (Å²) in [4.78, 5) is 0. The lowest BCUT2D eigenvalue weighted by Crippen LogP contribution is -2.03. The van der Waals surface area contributed by atoms with Crippen molar-refractivity contribution in [1.29, 1.82) is 5.26 Å². The van der Waals surface area contributed by atoms with Gasteiger partial charge in [-0.25, -0.2) is 8.78 Å². The van der Waals surface area contributed by atoms with Gasteiger partial charge in [-0.15, -0.1) is 0 Å². The van der Waals surface area contributed by atoms with Crippen LogP contribution in [0.5, 0.6) is 0 Å². The predicted molar refractivity (Wildman–Crippen MR) is 77.6 cm³/mol. The van der Waals surface area contributed by atoms with Crippen LogP contribution >= 0.6 is 27.5 Å². The third-order valence-electron chi connectivity index (χ3n) is 2.66. The van der Waals surface area contributed by atoms with Gasteiger partial charge in [0.15, 0.2) is 0 Å². The summed E-state index contributed by atoms with van der Waals surface area (Å²) in [5.74, 6) is -1.35. The number of hydrogen-bond donors (Lipinski definition) is 1. The largest absolute Gasteiger partial charge is 0.379 e. The fraction of sp³-hybridized carbons (Fsp3) is 0.0714. The minimum atomic E-state index is -0.685. The first-order valence-corrected chi connectivity index (χ1v) is 6.75. The highest BCUT2D eigenvalue weighted by molar-refractivity contribution is 9.10. The van der Waals surface area contributed by atoms with Crippen molar-refractivity contribution in [2.45, 2.75) is 6.54 Å². The van der Waals surface area contributed by atoms with Gasteiger partial charge in [-0.1, -0.05) is 17.7 Å². The van der Waals surface area contributed by atoms with Crippen molar-refractivity contribution in [1.82, 2.24) is 0 Å². The summed E-state index contributed by atoms with van der Waals surface area (Å²) in [6.07, 6.45) is 0. The van der Waals surface area contributed by atoms with Crippen LogP contribution < -0.4 is 5.32 Å². The van der Waals surface area contributed by atoms with Crippen molar-refractivity contribution in [3.8, 4) is 6.07 Å². The van der Waals surface area contributed by atoms with E-state index in [1.807, 2.05) is 6.07 Å². The zero-order valence-corrected chi connectivity index (χ0v) is 12.4. The number of nitrogens with zero attached hydrogens (tertiary/aromatic N) is 1. The molecule has 0 aromatic heterocycles. The van der Waals surface area contributed by atoms with Crippen LogP contribution in [0.15, 0.2) is 34.8 Å². The number of nitrogens with one attached hydrogen (secondary N) is 1. The van der Waals surface area contributed by atoms with Gasteiger partial charge >= 0.3 is 0 Å². The van der Waals surface area contributed by atoms with Gasteiger partial charge in [-0.3, -0.25) is 0 Å². The molecule has 0 aliphatic heterocycles. The molecule has 0 spiro atoms. The van der Waals surface area contributed by atoms with Gasteiger partial charge in [-0.2, -0.15) is 5.26 Å². The van der Waals surface area contributed by atoms with E-state index in [9.17, 15) is 8.78 Å². The van der Waals surface area contributed by atoms with Crippen molar-refractivity contribution in [3.63, 3.8) is 0 Å². The zero-order chi connectivity index (χ0) is 14.7. The third-order valence-corrected chi connectivity index (χ3v) is 3.62. The number of anilines is 1. The number of nitriles is 1. The number of rotatable bonds is 3. The maximum absolute atomic E-state index is 13.6. The Morgan fingerprint density at radius 3 is 2.60 bits per heavy atom. The lowest BCUT2D eigenvalue weighted by atomic mass is 10.1. The topological polar surface area (TPSA) is 35.8 Å². The maximum Gasteiger partial charge on any atom is 0.149 e. The van der Waals surface area contributed by atoms with Gasteiger partial charge in [0.2, 0.25) is 0 Å². The monoisotopic (exact) mass is 356 g/mol. The van der Waals surface area contributed by atoms with E-state index >= 15 is 0 Å². The highest BCUT2D eigenvalue weighted by Crippen LogP contribution is 2.25. The summed E-state index contributed by atoms with van der Waals surface area (Å²) < 4.78 is 26.8. The zero-order valence-electron chi connectivity index (χ0n) is 10.1. The Bertz CT molecular complexity index is 698. The standard InChI is InChI=1S/C14H8BrClF2N2/c15-10-4-14(13(18)5-12(10)17)20-7-9-2-1-8(6-19)3-11(9)16/h1-5,20H,7H2. The minimum absolute atomic E-state index is 0.165. The molecule has 0 aliphatic carbocycles. The van der Waals surface area contributed by atoms with Gasteiger partial charge in [0, 0.05) is 17.6 Å². The Balaban J connectivity index is 2.17. The van der Waals surface area contributed by atoms with Crippen LogP contribution in [-0.2, 0) is 6.54 Å². The Labute approximate surface area is 128 Å². The molecule has 2 nitrogen and oxygen atoms in total. The summed E-state index contributed by atoms with van der Waals surface area (Å²) in [5, 5.41) is 12.0. The van der Waals surface area contributed by atoms with E-state index in [4.69, 9.17) is 16.9 Å². The van der Waals surface area contributed by atoms with E-state index in [1.165, 1.54) is 12.1 Å². The van der Waals surface area contributed by atoms with Crippen LogP contribution in [0.25, 0.3) is 0 Å². The summed E-state index contributed by atoms with van der Waals surface area (Å²) in [6.45, 7) is 0.263. The van der Waals surface area contributed by atoms with Gasteiger partial charge < -0.3 is 5.32 Å². The smallest absolute Gasteiger partial charge is 0.149 e. The Morgan fingerprint density at radius 2 is 1.95 bits per heavy atom. The first-order valence-electron chi connectivity index (χ1n) is 5.58. The van der Waals surface area contributed by atoms with Gasteiger partial charge in [0.05, 0.1) is 21.8 Å². The molecule has 0 atom stereocenters. The molecule has 102 valence electrons. The molecule has 0 saturated carbocycles. The summed E-state index contributed by atoms with van der Waals surface area (Å²) >= 11 is 9.01. The molecule has 0 unspecified atom stereocenters. The van der Waals surface area contributed by atoms with Crippen molar-refractivity contribution in [2.24, 2.45) is 0 Å². The van der Waals surface area contributed by atoms with E-state index in [0.29, 0.717) is 16.1 Å². The Morgan fingerprint density at radius 1 is 1.20 bits per heavy atom. The molecule has 6 heteroatoms. The predicted octanol–water partition coefficient (Wildman–Crippen LogP) is 4.86.